The number of aliphatic hydroxyl groups is 1. The highest BCUT2D eigenvalue weighted by molar-refractivity contribution is 7.09. The molecule has 1 N–H and O–H groups in total. The van der Waals surface area contributed by atoms with Gasteiger partial charge in [-0.25, -0.2) is 4.98 Å². The van der Waals surface area contributed by atoms with E-state index in [1.165, 1.54) is 18.0 Å². The standard InChI is InChI=1S/C11H18N2OS/c1-3-13-5-4-9(6-13)11-12-10(7-15-11)8(2)14/h7-9,14H,3-6H2,1-2H3. The number of hydrogen-bond donors (Lipinski definition) is 1. The number of rotatable bonds is 3. The molecule has 0 amide bonds. The third-order valence-electron chi connectivity index (χ3n) is 3.04. The number of likely N-dealkylation sites (N-methyl/N-ethyl adjacent to an activating group) is 1. The molecule has 2 atom stereocenters. The van der Waals surface area contributed by atoms with Crippen LogP contribution in [0.5, 0.6) is 0 Å². The lowest BCUT2D eigenvalue weighted by atomic mass is 10.1. The molecule has 2 unspecified atom stereocenters. The van der Waals surface area contributed by atoms with Crippen molar-refractivity contribution in [1.29, 1.82) is 0 Å². The van der Waals surface area contributed by atoms with Gasteiger partial charge in [-0.2, -0.15) is 0 Å². The van der Waals surface area contributed by atoms with Crippen molar-refractivity contribution in [1.82, 2.24) is 9.88 Å². The first kappa shape index (κ1) is 11.0. The minimum absolute atomic E-state index is 0.432. The first-order valence-corrected chi connectivity index (χ1v) is 6.44. The summed E-state index contributed by atoms with van der Waals surface area (Å²) in [4.78, 5) is 6.95. The molecule has 1 aromatic rings. The number of aromatic nitrogens is 1. The molecular weight excluding hydrogens is 208 g/mol. The van der Waals surface area contributed by atoms with Gasteiger partial charge in [0, 0.05) is 17.8 Å². The van der Waals surface area contributed by atoms with Crippen molar-refractivity contribution >= 4 is 11.3 Å². The van der Waals surface area contributed by atoms with Gasteiger partial charge in [-0.15, -0.1) is 11.3 Å². The van der Waals surface area contributed by atoms with Gasteiger partial charge in [0.2, 0.25) is 0 Å². The summed E-state index contributed by atoms with van der Waals surface area (Å²) >= 11 is 1.69. The first-order valence-electron chi connectivity index (χ1n) is 5.56. The van der Waals surface area contributed by atoms with Crippen LogP contribution in [0.3, 0.4) is 0 Å². The highest BCUT2D eigenvalue weighted by Gasteiger charge is 2.25. The van der Waals surface area contributed by atoms with E-state index in [0.29, 0.717) is 5.92 Å². The summed E-state index contributed by atoms with van der Waals surface area (Å²) in [5, 5.41) is 12.6. The summed E-state index contributed by atoms with van der Waals surface area (Å²) in [7, 11) is 0. The molecule has 2 heterocycles. The van der Waals surface area contributed by atoms with Crippen LogP contribution in [-0.4, -0.2) is 34.6 Å². The lowest BCUT2D eigenvalue weighted by Crippen LogP contribution is -2.19. The zero-order valence-electron chi connectivity index (χ0n) is 9.31. The Labute approximate surface area is 94.8 Å². The maximum Gasteiger partial charge on any atom is 0.0973 e. The van der Waals surface area contributed by atoms with Gasteiger partial charge in [-0.05, 0) is 26.4 Å². The quantitative estimate of drug-likeness (QED) is 0.856. The molecule has 0 radical (unpaired) electrons. The van der Waals surface area contributed by atoms with Gasteiger partial charge in [0.25, 0.3) is 0 Å². The predicted octanol–water partition coefficient (Wildman–Crippen LogP) is 2.01. The van der Waals surface area contributed by atoms with Crippen LogP contribution in [0.25, 0.3) is 0 Å². The third kappa shape index (κ3) is 2.38. The van der Waals surface area contributed by atoms with E-state index >= 15 is 0 Å². The van der Waals surface area contributed by atoms with E-state index in [4.69, 9.17) is 0 Å². The topological polar surface area (TPSA) is 36.4 Å². The third-order valence-corrected chi connectivity index (χ3v) is 4.06. The van der Waals surface area contributed by atoms with Crippen molar-refractivity contribution < 1.29 is 5.11 Å². The molecule has 1 fully saturated rings. The minimum atomic E-state index is -0.432. The van der Waals surface area contributed by atoms with Crippen molar-refractivity contribution in [3.63, 3.8) is 0 Å². The first-order chi connectivity index (χ1) is 7.20. The fraction of sp³-hybridized carbons (Fsp3) is 0.727. The fourth-order valence-corrected chi connectivity index (χ4v) is 3.04. The molecule has 4 heteroatoms. The molecule has 1 aliphatic rings. The van der Waals surface area contributed by atoms with Crippen molar-refractivity contribution in [3.05, 3.63) is 16.1 Å². The van der Waals surface area contributed by atoms with E-state index in [0.717, 1.165) is 18.8 Å². The number of thiazole rings is 1. The zero-order valence-corrected chi connectivity index (χ0v) is 10.1. The van der Waals surface area contributed by atoms with Gasteiger partial charge in [-0.1, -0.05) is 6.92 Å². The van der Waals surface area contributed by atoms with E-state index in [9.17, 15) is 5.11 Å². The van der Waals surface area contributed by atoms with Crippen LogP contribution in [-0.2, 0) is 0 Å². The summed E-state index contributed by atoms with van der Waals surface area (Å²) in [6.07, 6.45) is 0.777. The Bertz CT molecular complexity index is 324. The molecule has 0 saturated carbocycles. The molecule has 0 bridgehead atoms. The second-order valence-electron chi connectivity index (χ2n) is 4.17. The molecule has 2 rings (SSSR count). The fourth-order valence-electron chi connectivity index (χ4n) is 2.00. The van der Waals surface area contributed by atoms with Crippen LogP contribution in [0.15, 0.2) is 5.38 Å². The van der Waals surface area contributed by atoms with Crippen molar-refractivity contribution in [2.45, 2.75) is 32.3 Å². The van der Waals surface area contributed by atoms with Gasteiger partial charge in [0.1, 0.15) is 0 Å². The van der Waals surface area contributed by atoms with Crippen molar-refractivity contribution in [2.75, 3.05) is 19.6 Å². The smallest absolute Gasteiger partial charge is 0.0973 e. The Morgan fingerprint density at radius 1 is 1.73 bits per heavy atom. The van der Waals surface area contributed by atoms with Crippen LogP contribution in [0, 0.1) is 0 Å². The molecule has 0 aliphatic carbocycles. The number of hydrogen-bond acceptors (Lipinski definition) is 4. The zero-order chi connectivity index (χ0) is 10.8. The largest absolute Gasteiger partial charge is 0.387 e. The summed E-state index contributed by atoms with van der Waals surface area (Å²) in [6, 6.07) is 0. The summed E-state index contributed by atoms with van der Waals surface area (Å²) in [5.74, 6) is 0.586. The number of nitrogens with zero attached hydrogens (tertiary/aromatic N) is 2. The molecule has 1 aromatic heterocycles. The van der Waals surface area contributed by atoms with E-state index in [1.54, 1.807) is 18.3 Å². The van der Waals surface area contributed by atoms with Gasteiger partial charge < -0.3 is 10.0 Å². The van der Waals surface area contributed by atoms with Crippen LogP contribution < -0.4 is 0 Å². The average molecular weight is 226 g/mol. The van der Waals surface area contributed by atoms with E-state index < -0.39 is 6.10 Å². The molecule has 15 heavy (non-hydrogen) atoms. The summed E-state index contributed by atoms with van der Waals surface area (Å²) in [5.41, 5.74) is 0.824. The molecule has 3 nitrogen and oxygen atoms in total. The Kier molecular flexibility index (Phi) is 3.38. The minimum Gasteiger partial charge on any atom is -0.387 e. The highest BCUT2D eigenvalue weighted by Crippen LogP contribution is 2.30. The van der Waals surface area contributed by atoms with Crippen LogP contribution in [0.2, 0.25) is 0 Å². The maximum atomic E-state index is 9.41. The highest BCUT2D eigenvalue weighted by atomic mass is 32.1. The maximum absolute atomic E-state index is 9.41. The lowest BCUT2D eigenvalue weighted by molar-refractivity contribution is 0.195. The monoisotopic (exact) mass is 226 g/mol. The SMILES string of the molecule is CCN1CCC(c2nc(C(C)O)cs2)C1. The molecular formula is C11H18N2OS. The van der Waals surface area contributed by atoms with Gasteiger partial charge in [-0.3, -0.25) is 0 Å². The van der Waals surface area contributed by atoms with Gasteiger partial charge in [0.05, 0.1) is 16.8 Å². The Hall–Kier alpha value is -0.450. The van der Waals surface area contributed by atoms with Crippen molar-refractivity contribution in [2.24, 2.45) is 0 Å². The second kappa shape index (κ2) is 4.60. The number of aliphatic hydroxyl groups excluding tert-OH is 1. The van der Waals surface area contributed by atoms with Gasteiger partial charge in [0.15, 0.2) is 0 Å². The van der Waals surface area contributed by atoms with E-state index in [1.807, 2.05) is 5.38 Å². The number of likely N-dealkylation sites (tertiary alicyclic amines) is 1. The molecule has 0 aromatic carbocycles. The molecule has 1 saturated heterocycles. The molecule has 0 spiro atoms. The Balaban J connectivity index is 2.04. The normalized spacial score (nSPS) is 24.6. The Morgan fingerprint density at radius 3 is 3.07 bits per heavy atom. The summed E-state index contributed by atoms with van der Waals surface area (Å²) < 4.78 is 0. The second-order valence-corrected chi connectivity index (χ2v) is 5.06. The van der Waals surface area contributed by atoms with Crippen LogP contribution >= 0.6 is 11.3 Å². The van der Waals surface area contributed by atoms with Gasteiger partial charge >= 0.3 is 0 Å². The molecule has 84 valence electrons. The predicted molar refractivity (Wildman–Crippen MR) is 62.2 cm³/mol. The average Bonchev–Trinajstić information content (AvgIpc) is 2.86. The van der Waals surface area contributed by atoms with E-state index in [2.05, 4.69) is 16.8 Å². The Morgan fingerprint density at radius 2 is 2.53 bits per heavy atom. The van der Waals surface area contributed by atoms with Crippen LogP contribution in [0.4, 0.5) is 0 Å². The summed E-state index contributed by atoms with van der Waals surface area (Å²) in [6.45, 7) is 7.41. The van der Waals surface area contributed by atoms with Crippen molar-refractivity contribution in [3.8, 4) is 0 Å². The lowest BCUT2D eigenvalue weighted by Gasteiger charge is -2.11. The van der Waals surface area contributed by atoms with Crippen LogP contribution in [0.1, 0.15) is 43.0 Å². The molecule has 1 aliphatic heterocycles. The van der Waals surface area contributed by atoms with E-state index in [-0.39, 0.29) is 0 Å².